The van der Waals surface area contributed by atoms with E-state index in [2.05, 4.69) is 33.5 Å². The van der Waals surface area contributed by atoms with E-state index in [9.17, 15) is 10.4 Å². The second-order valence-electron chi connectivity index (χ2n) is 6.56. The number of benzene rings is 1. The summed E-state index contributed by atoms with van der Waals surface area (Å²) in [6, 6.07) is 14.4. The Labute approximate surface area is 156 Å². The average Bonchev–Trinajstić information content (AvgIpc) is 3.37. The topological polar surface area (TPSA) is 65.1 Å². The number of aliphatic hydroxyl groups is 1. The van der Waals surface area contributed by atoms with E-state index >= 15 is 0 Å². The number of aliphatic hydroxyl groups excluding tert-OH is 1. The van der Waals surface area contributed by atoms with Crippen LogP contribution in [0.25, 0.3) is 16.6 Å². The van der Waals surface area contributed by atoms with Gasteiger partial charge in [-0.05, 0) is 43.0 Å². The Bertz CT molecular complexity index is 997. The number of hydrogen-bond donors (Lipinski definition) is 1. The summed E-state index contributed by atoms with van der Waals surface area (Å²) in [7, 11) is 1.87. The maximum Gasteiger partial charge on any atom is 0.155 e. The molecule has 1 unspecified atom stereocenters. The van der Waals surface area contributed by atoms with Crippen LogP contribution in [0.2, 0.25) is 0 Å². The number of thiophene rings is 1. The molecule has 5 nitrogen and oxygen atoms in total. The molecule has 1 atom stereocenters. The zero-order chi connectivity index (χ0) is 18.1. The van der Waals surface area contributed by atoms with Gasteiger partial charge in [0, 0.05) is 18.0 Å². The van der Waals surface area contributed by atoms with Crippen molar-refractivity contribution in [1.82, 2.24) is 14.5 Å². The molecule has 0 amide bonds. The van der Waals surface area contributed by atoms with E-state index in [0.717, 1.165) is 30.4 Å². The lowest BCUT2D eigenvalue weighted by molar-refractivity contribution is 0.239. The van der Waals surface area contributed by atoms with Gasteiger partial charge in [0.25, 0.3) is 0 Å². The zero-order valence-corrected chi connectivity index (χ0v) is 15.4. The molecule has 0 aliphatic carbocycles. The number of para-hydroxylation sites is 2. The van der Waals surface area contributed by atoms with Crippen LogP contribution in [0.1, 0.15) is 29.6 Å². The number of nitrogens with zero attached hydrogens (tertiary/aromatic N) is 4. The van der Waals surface area contributed by atoms with E-state index in [1.54, 1.807) is 11.3 Å². The van der Waals surface area contributed by atoms with Gasteiger partial charge in [-0.15, -0.1) is 11.3 Å². The lowest BCUT2D eigenvalue weighted by Crippen LogP contribution is -2.25. The van der Waals surface area contributed by atoms with Crippen molar-refractivity contribution in [2.75, 3.05) is 13.1 Å². The molecule has 3 aromatic rings. The normalized spacial score (nSPS) is 18.8. The number of allylic oxidation sites excluding steroid dienone is 1. The molecule has 1 aliphatic rings. The first kappa shape index (κ1) is 16.8. The summed E-state index contributed by atoms with van der Waals surface area (Å²) in [5, 5.41) is 22.5. The third-order valence-electron chi connectivity index (χ3n) is 5.00. The van der Waals surface area contributed by atoms with Gasteiger partial charge in [0.15, 0.2) is 5.82 Å². The molecular formula is C20H20N4OS. The number of likely N-dealkylation sites (tertiary alicyclic amines) is 1. The third-order valence-corrected chi connectivity index (χ3v) is 5.97. The molecule has 0 spiro atoms. The van der Waals surface area contributed by atoms with Gasteiger partial charge in [0.05, 0.1) is 17.6 Å². The summed E-state index contributed by atoms with van der Waals surface area (Å²) in [4.78, 5) is 8.12. The lowest BCUT2D eigenvalue weighted by atomic mass is 10.1. The van der Waals surface area contributed by atoms with E-state index in [4.69, 9.17) is 0 Å². The number of imidazole rings is 1. The number of aryl methyl sites for hydroxylation is 1. The fraction of sp³-hybridized carbons (Fsp3) is 0.300. The van der Waals surface area contributed by atoms with Gasteiger partial charge in [-0.1, -0.05) is 18.2 Å². The highest BCUT2D eigenvalue weighted by Crippen LogP contribution is 2.35. The fourth-order valence-electron chi connectivity index (χ4n) is 3.70. The van der Waals surface area contributed by atoms with Crippen molar-refractivity contribution < 1.29 is 5.11 Å². The second-order valence-corrected chi connectivity index (χ2v) is 7.54. The first-order chi connectivity index (χ1) is 12.7. The molecule has 1 aromatic carbocycles. The van der Waals surface area contributed by atoms with Crippen molar-refractivity contribution in [1.29, 1.82) is 5.26 Å². The largest absolute Gasteiger partial charge is 0.509 e. The van der Waals surface area contributed by atoms with Gasteiger partial charge in [0.2, 0.25) is 0 Å². The van der Waals surface area contributed by atoms with E-state index in [1.807, 2.05) is 35.9 Å². The molecule has 1 saturated heterocycles. The van der Waals surface area contributed by atoms with E-state index in [0.29, 0.717) is 18.4 Å². The monoisotopic (exact) mass is 364 g/mol. The Kier molecular flexibility index (Phi) is 4.49. The summed E-state index contributed by atoms with van der Waals surface area (Å²) in [5.74, 6) is 0.604. The molecule has 4 rings (SSSR count). The van der Waals surface area contributed by atoms with Crippen LogP contribution >= 0.6 is 11.3 Å². The molecule has 1 aliphatic heterocycles. The van der Waals surface area contributed by atoms with Crippen molar-refractivity contribution in [3.05, 3.63) is 58.2 Å². The van der Waals surface area contributed by atoms with Crippen LogP contribution < -0.4 is 0 Å². The predicted molar refractivity (Wildman–Crippen MR) is 104 cm³/mol. The second kappa shape index (κ2) is 6.94. The molecular weight excluding hydrogens is 344 g/mol. The van der Waals surface area contributed by atoms with Crippen LogP contribution in [-0.4, -0.2) is 32.6 Å². The number of fused-ring (bicyclic) bond motifs is 1. The Hall–Kier alpha value is -2.62. The van der Waals surface area contributed by atoms with Crippen LogP contribution in [0, 0.1) is 11.3 Å². The number of nitriles is 1. The maximum absolute atomic E-state index is 10.8. The highest BCUT2D eigenvalue weighted by atomic mass is 32.1. The smallest absolute Gasteiger partial charge is 0.155 e. The summed E-state index contributed by atoms with van der Waals surface area (Å²) < 4.78 is 1.87. The van der Waals surface area contributed by atoms with Crippen LogP contribution in [0.3, 0.4) is 0 Å². The molecule has 6 heteroatoms. The first-order valence-electron chi connectivity index (χ1n) is 8.70. The van der Waals surface area contributed by atoms with Crippen molar-refractivity contribution >= 4 is 27.9 Å². The molecule has 0 saturated carbocycles. The molecule has 0 bridgehead atoms. The van der Waals surface area contributed by atoms with Gasteiger partial charge in [0.1, 0.15) is 17.4 Å². The number of rotatable bonds is 4. The predicted octanol–water partition coefficient (Wildman–Crippen LogP) is 4.26. The minimum Gasteiger partial charge on any atom is -0.509 e. The minimum atomic E-state index is 0.0920. The van der Waals surface area contributed by atoms with Crippen molar-refractivity contribution in [2.45, 2.75) is 18.9 Å². The molecule has 3 heterocycles. The van der Waals surface area contributed by atoms with Gasteiger partial charge in [-0.25, -0.2) is 4.98 Å². The van der Waals surface area contributed by atoms with Crippen molar-refractivity contribution in [3.8, 4) is 6.07 Å². The lowest BCUT2D eigenvalue weighted by Gasteiger charge is -2.23. The van der Waals surface area contributed by atoms with E-state index < -0.39 is 0 Å². The van der Waals surface area contributed by atoms with Gasteiger partial charge in [-0.3, -0.25) is 4.90 Å². The molecule has 1 N–H and O–H groups in total. The molecule has 2 aromatic heterocycles. The Morgan fingerprint density at radius 1 is 1.35 bits per heavy atom. The summed E-state index contributed by atoms with van der Waals surface area (Å²) in [5.41, 5.74) is 2.02. The highest BCUT2D eigenvalue weighted by molar-refractivity contribution is 7.10. The average molecular weight is 364 g/mol. The van der Waals surface area contributed by atoms with Crippen LogP contribution in [0.15, 0.2) is 47.5 Å². The Morgan fingerprint density at radius 3 is 2.92 bits per heavy atom. The van der Waals surface area contributed by atoms with E-state index in [-0.39, 0.29) is 11.3 Å². The van der Waals surface area contributed by atoms with Gasteiger partial charge >= 0.3 is 0 Å². The molecule has 1 fully saturated rings. The van der Waals surface area contributed by atoms with Gasteiger partial charge in [-0.2, -0.15) is 5.26 Å². The Balaban J connectivity index is 1.67. The van der Waals surface area contributed by atoms with Gasteiger partial charge < -0.3 is 9.67 Å². The SMILES string of the molecule is Cn1c(/C(C#N)=C(\O)CN2CCCC2c2cccs2)nc2ccccc21. The zero-order valence-electron chi connectivity index (χ0n) is 14.6. The number of aromatic nitrogens is 2. The van der Waals surface area contributed by atoms with Crippen LogP contribution in [-0.2, 0) is 7.05 Å². The molecule has 0 radical (unpaired) electrons. The fourth-order valence-corrected chi connectivity index (χ4v) is 4.60. The standard InChI is InChI=1S/C20H20N4OS/c1-23-16-7-3-2-6-15(16)22-20(23)14(12-21)18(25)13-24-10-4-8-17(24)19-9-5-11-26-19/h2-3,5-7,9,11,17,25H,4,8,10,13H2,1H3/b18-14-. The van der Waals surface area contributed by atoms with Crippen molar-refractivity contribution in [3.63, 3.8) is 0 Å². The molecule has 26 heavy (non-hydrogen) atoms. The van der Waals surface area contributed by atoms with Crippen molar-refractivity contribution in [2.24, 2.45) is 7.05 Å². The summed E-state index contributed by atoms with van der Waals surface area (Å²) in [6.45, 7) is 1.29. The van der Waals surface area contributed by atoms with Crippen LogP contribution in [0.5, 0.6) is 0 Å². The third kappa shape index (κ3) is 2.90. The maximum atomic E-state index is 10.8. The van der Waals surface area contributed by atoms with Crippen LogP contribution in [0.4, 0.5) is 0 Å². The summed E-state index contributed by atoms with van der Waals surface area (Å²) >= 11 is 1.75. The quantitative estimate of drug-likeness (QED) is 0.555. The number of hydrogen-bond acceptors (Lipinski definition) is 5. The highest BCUT2D eigenvalue weighted by Gasteiger charge is 2.28. The first-order valence-corrected chi connectivity index (χ1v) is 9.58. The Morgan fingerprint density at radius 2 is 2.19 bits per heavy atom. The molecule has 132 valence electrons. The minimum absolute atomic E-state index is 0.0920. The summed E-state index contributed by atoms with van der Waals surface area (Å²) in [6.07, 6.45) is 2.19. The van der Waals surface area contributed by atoms with E-state index in [1.165, 1.54) is 4.88 Å².